The summed E-state index contributed by atoms with van der Waals surface area (Å²) in [6, 6.07) is 13.5. The van der Waals surface area contributed by atoms with Crippen molar-refractivity contribution in [1.82, 2.24) is 0 Å². The summed E-state index contributed by atoms with van der Waals surface area (Å²) in [5.74, 6) is -0.293. The first kappa shape index (κ1) is 12.0. The third-order valence-electron chi connectivity index (χ3n) is 3.64. The highest BCUT2D eigenvalue weighted by Gasteiger charge is 2.18. The molecule has 0 bridgehead atoms. The second-order valence-corrected chi connectivity index (χ2v) is 5.13. The Morgan fingerprint density at radius 2 is 1.89 bits per heavy atom. The molecular formula is C16H17FN2. The minimum absolute atomic E-state index is 0.293. The lowest BCUT2D eigenvalue weighted by Gasteiger charge is -2.26. The van der Waals surface area contributed by atoms with Gasteiger partial charge in [-0.2, -0.15) is 0 Å². The molecule has 0 aliphatic heterocycles. The standard InChI is InChI=1S/C16H17FN2/c17-13-8-14(18)10-16(9-13)19-15-6-5-11-3-1-2-4-12(11)7-15/h1-4,8-10,15,19H,5-7,18H2. The number of rotatable bonds is 2. The summed E-state index contributed by atoms with van der Waals surface area (Å²) in [6.45, 7) is 0. The molecule has 0 heterocycles. The van der Waals surface area contributed by atoms with Crippen LogP contribution in [0.5, 0.6) is 0 Å². The van der Waals surface area contributed by atoms with Crippen LogP contribution in [0.4, 0.5) is 15.8 Å². The second-order valence-electron chi connectivity index (χ2n) is 5.13. The van der Waals surface area contributed by atoms with E-state index in [9.17, 15) is 4.39 Å². The Labute approximate surface area is 112 Å². The van der Waals surface area contributed by atoms with Gasteiger partial charge in [-0.15, -0.1) is 0 Å². The SMILES string of the molecule is Nc1cc(F)cc(NC2CCc3ccccc3C2)c1. The van der Waals surface area contributed by atoms with Gasteiger partial charge >= 0.3 is 0 Å². The molecule has 2 nitrogen and oxygen atoms in total. The Bertz CT molecular complexity index is 575. The summed E-state index contributed by atoms with van der Waals surface area (Å²) in [7, 11) is 0. The fourth-order valence-corrected chi connectivity index (χ4v) is 2.75. The van der Waals surface area contributed by atoms with E-state index >= 15 is 0 Å². The highest BCUT2D eigenvalue weighted by atomic mass is 19.1. The van der Waals surface area contributed by atoms with E-state index in [0.29, 0.717) is 11.7 Å². The van der Waals surface area contributed by atoms with E-state index in [0.717, 1.165) is 24.9 Å². The predicted octanol–water partition coefficient (Wildman–Crippen LogP) is 3.38. The van der Waals surface area contributed by atoms with Gasteiger partial charge in [0.2, 0.25) is 0 Å². The molecule has 1 aliphatic rings. The lowest BCUT2D eigenvalue weighted by atomic mass is 9.88. The first-order valence-corrected chi connectivity index (χ1v) is 6.60. The number of nitrogens with two attached hydrogens (primary N) is 1. The van der Waals surface area contributed by atoms with Gasteiger partial charge in [0.15, 0.2) is 0 Å². The third kappa shape index (κ3) is 2.70. The fourth-order valence-electron chi connectivity index (χ4n) is 2.75. The maximum Gasteiger partial charge on any atom is 0.127 e. The molecule has 3 heteroatoms. The Hall–Kier alpha value is -2.03. The van der Waals surface area contributed by atoms with Gasteiger partial charge in [0.05, 0.1) is 0 Å². The van der Waals surface area contributed by atoms with E-state index in [1.807, 2.05) is 0 Å². The number of hydrogen-bond donors (Lipinski definition) is 2. The normalized spacial score (nSPS) is 17.8. The molecule has 98 valence electrons. The number of nitrogens with one attached hydrogen (secondary N) is 1. The molecule has 0 fully saturated rings. The monoisotopic (exact) mass is 256 g/mol. The van der Waals surface area contributed by atoms with Crippen molar-refractivity contribution in [3.63, 3.8) is 0 Å². The van der Waals surface area contributed by atoms with Crippen molar-refractivity contribution in [1.29, 1.82) is 0 Å². The van der Waals surface area contributed by atoms with E-state index in [1.54, 1.807) is 6.07 Å². The molecule has 0 spiro atoms. The van der Waals surface area contributed by atoms with Gasteiger partial charge in [-0.3, -0.25) is 0 Å². The third-order valence-corrected chi connectivity index (χ3v) is 3.64. The molecule has 2 aromatic carbocycles. The Morgan fingerprint density at radius 1 is 1.11 bits per heavy atom. The van der Waals surface area contributed by atoms with Crippen LogP contribution in [-0.2, 0) is 12.8 Å². The molecule has 3 N–H and O–H groups in total. The highest BCUT2D eigenvalue weighted by Crippen LogP contribution is 2.24. The average Bonchev–Trinajstić information content (AvgIpc) is 2.37. The number of halogens is 1. The van der Waals surface area contributed by atoms with E-state index in [4.69, 9.17) is 5.73 Å². The molecule has 0 amide bonds. The largest absolute Gasteiger partial charge is 0.399 e. The lowest BCUT2D eigenvalue weighted by Crippen LogP contribution is -2.27. The summed E-state index contributed by atoms with van der Waals surface area (Å²) < 4.78 is 13.3. The van der Waals surface area contributed by atoms with Crippen LogP contribution in [0.25, 0.3) is 0 Å². The van der Waals surface area contributed by atoms with Crippen LogP contribution in [0.15, 0.2) is 42.5 Å². The molecule has 3 rings (SSSR count). The van der Waals surface area contributed by atoms with Crippen LogP contribution in [0.3, 0.4) is 0 Å². The molecule has 0 saturated heterocycles. The Morgan fingerprint density at radius 3 is 2.68 bits per heavy atom. The predicted molar refractivity (Wildman–Crippen MR) is 76.7 cm³/mol. The van der Waals surface area contributed by atoms with Gasteiger partial charge in [0.1, 0.15) is 5.82 Å². The van der Waals surface area contributed by atoms with E-state index in [2.05, 4.69) is 29.6 Å². The number of nitrogen functional groups attached to an aromatic ring is 1. The lowest BCUT2D eigenvalue weighted by molar-refractivity contribution is 0.607. The number of anilines is 2. The number of benzene rings is 2. The number of aryl methyl sites for hydroxylation is 1. The zero-order valence-corrected chi connectivity index (χ0v) is 10.7. The Kier molecular flexibility index (Phi) is 3.11. The Balaban J connectivity index is 1.75. The van der Waals surface area contributed by atoms with Gasteiger partial charge in [0.25, 0.3) is 0 Å². The molecule has 0 aromatic heterocycles. The quantitative estimate of drug-likeness (QED) is 0.808. The minimum atomic E-state index is -0.293. The summed E-state index contributed by atoms with van der Waals surface area (Å²) in [5, 5.41) is 3.38. The summed E-state index contributed by atoms with van der Waals surface area (Å²) >= 11 is 0. The minimum Gasteiger partial charge on any atom is -0.399 e. The number of hydrogen-bond acceptors (Lipinski definition) is 2. The zero-order valence-electron chi connectivity index (χ0n) is 10.7. The smallest absolute Gasteiger partial charge is 0.127 e. The summed E-state index contributed by atoms with van der Waals surface area (Å²) in [6.07, 6.45) is 3.11. The molecule has 19 heavy (non-hydrogen) atoms. The molecule has 1 aliphatic carbocycles. The van der Waals surface area contributed by atoms with Crippen LogP contribution in [-0.4, -0.2) is 6.04 Å². The van der Waals surface area contributed by atoms with Crippen LogP contribution < -0.4 is 11.1 Å². The van der Waals surface area contributed by atoms with Crippen LogP contribution in [0.2, 0.25) is 0 Å². The van der Waals surface area contributed by atoms with Gasteiger partial charge in [-0.05, 0) is 48.6 Å². The summed E-state index contributed by atoms with van der Waals surface area (Å²) in [4.78, 5) is 0. The molecule has 2 aromatic rings. The van der Waals surface area contributed by atoms with Gasteiger partial charge in [-0.1, -0.05) is 24.3 Å². The van der Waals surface area contributed by atoms with Crippen LogP contribution in [0, 0.1) is 5.82 Å². The zero-order chi connectivity index (χ0) is 13.2. The second kappa shape index (κ2) is 4.92. The molecule has 1 atom stereocenters. The van der Waals surface area contributed by atoms with Crippen molar-refractivity contribution in [2.75, 3.05) is 11.1 Å². The van der Waals surface area contributed by atoms with Gasteiger partial charge in [-0.25, -0.2) is 4.39 Å². The topological polar surface area (TPSA) is 38.0 Å². The maximum atomic E-state index is 13.3. The van der Waals surface area contributed by atoms with E-state index < -0.39 is 0 Å². The number of fused-ring (bicyclic) bond motifs is 1. The average molecular weight is 256 g/mol. The van der Waals surface area contributed by atoms with Crippen molar-refractivity contribution in [3.8, 4) is 0 Å². The first-order chi connectivity index (χ1) is 9.20. The van der Waals surface area contributed by atoms with Gasteiger partial charge in [0, 0.05) is 17.4 Å². The van der Waals surface area contributed by atoms with Gasteiger partial charge < -0.3 is 11.1 Å². The highest BCUT2D eigenvalue weighted by molar-refractivity contribution is 5.55. The van der Waals surface area contributed by atoms with Crippen molar-refractivity contribution < 1.29 is 4.39 Å². The summed E-state index contributed by atoms with van der Waals surface area (Å²) in [5.41, 5.74) is 9.70. The van der Waals surface area contributed by atoms with Crippen LogP contribution in [0.1, 0.15) is 17.5 Å². The van der Waals surface area contributed by atoms with E-state index in [-0.39, 0.29) is 5.82 Å². The van der Waals surface area contributed by atoms with Crippen molar-refractivity contribution >= 4 is 11.4 Å². The molecule has 0 saturated carbocycles. The molecular weight excluding hydrogens is 239 g/mol. The fraction of sp³-hybridized carbons (Fsp3) is 0.250. The molecule has 1 unspecified atom stereocenters. The van der Waals surface area contributed by atoms with E-state index in [1.165, 1.54) is 23.3 Å². The maximum absolute atomic E-state index is 13.3. The van der Waals surface area contributed by atoms with Crippen molar-refractivity contribution in [3.05, 3.63) is 59.4 Å². The molecule has 0 radical (unpaired) electrons. The van der Waals surface area contributed by atoms with Crippen molar-refractivity contribution in [2.45, 2.75) is 25.3 Å². The van der Waals surface area contributed by atoms with Crippen molar-refractivity contribution in [2.24, 2.45) is 0 Å². The first-order valence-electron chi connectivity index (χ1n) is 6.60. The van der Waals surface area contributed by atoms with Crippen LogP contribution >= 0.6 is 0 Å².